The number of halogens is 2. The lowest BCUT2D eigenvalue weighted by Crippen LogP contribution is -2.04. The molecule has 0 fully saturated rings. The largest absolute Gasteiger partial charge is 0.494 e. The van der Waals surface area contributed by atoms with Crippen LogP contribution in [0.4, 0.5) is 20.2 Å². The molecule has 120 valence electrons. The summed E-state index contributed by atoms with van der Waals surface area (Å²) in [5.74, 6) is 0.273. The molecule has 0 aliphatic rings. The summed E-state index contributed by atoms with van der Waals surface area (Å²) in [6.45, 7) is -3.05. The highest BCUT2D eigenvalue weighted by Crippen LogP contribution is 2.28. The fraction of sp³-hybridized carbons (Fsp3) is 0.133. The number of nitro groups is 1. The Balaban J connectivity index is 2.41. The number of hydrogen-bond donors (Lipinski definition) is 0. The zero-order chi connectivity index (χ0) is 16.8. The highest BCUT2D eigenvalue weighted by atomic mass is 19.3. The van der Waals surface area contributed by atoms with Gasteiger partial charge in [-0.05, 0) is 18.2 Å². The van der Waals surface area contributed by atoms with Crippen LogP contribution in [0.1, 0.15) is 5.56 Å². The summed E-state index contributed by atoms with van der Waals surface area (Å²) in [4.78, 5) is 14.3. The van der Waals surface area contributed by atoms with Crippen molar-refractivity contribution in [2.75, 3.05) is 7.11 Å². The predicted molar refractivity (Wildman–Crippen MR) is 80.0 cm³/mol. The van der Waals surface area contributed by atoms with Crippen molar-refractivity contribution < 1.29 is 23.2 Å². The minimum Gasteiger partial charge on any atom is -0.494 e. The van der Waals surface area contributed by atoms with E-state index in [4.69, 9.17) is 4.74 Å². The molecule has 0 bridgehead atoms. The Morgan fingerprint density at radius 1 is 1.22 bits per heavy atom. The average Bonchev–Trinajstić information content (AvgIpc) is 2.53. The van der Waals surface area contributed by atoms with Gasteiger partial charge in [0.25, 0.3) is 5.69 Å². The van der Waals surface area contributed by atoms with Crippen molar-refractivity contribution in [2.24, 2.45) is 4.99 Å². The van der Waals surface area contributed by atoms with Crippen LogP contribution in [0.3, 0.4) is 0 Å². The smallest absolute Gasteiger partial charge is 0.387 e. The van der Waals surface area contributed by atoms with Gasteiger partial charge in [0.05, 0.1) is 12.0 Å². The van der Waals surface area contributed by atoms with Crippen LogP contribution in [-0.4, -0.2) is 24.9 Å². The molecule has 6 nitrogen and oxygen atoms in total. The van der Waals surface area contributed by atoms with E-state index in [-0.39, 0.29) is 17.0 Å². The number of methoxy groups -OCH3 is 1. The van der Waals surface area contributed by atoms with Crippen LogP contribution in [0.2, 0.25) is 0 Å². The van der Waals surface area contributed by atoms with Gasteiger partial charge in [0.15, 0.2) is 0 Å². The number of alkyl halides is 2. The van der Waals surface area contributed by atoms with Crippen molar-refractivity contribution in [1.29, 1.82) is 0 Å². The van der Waals surface area contributed by atoms with Crippen molar-refractivity contribution in [1.82, 2.24) is 0 Å². The van der Waals surface area contributed by atoms with Gasteiger partial charge in [0.1, 0.15) is 17.2 Å². The molecule has 0 saturated heterocycles. The molecule has 0 aliphatic heterocycles. The fourth-order valence-corrected chi connectivity index (χ4v) is 1.83. The van der Waals surface area contributed by atoms with Gasteiger partial charge in [-0.2, -0.15) is 8.78 Å². The van der Waals surface area contributed by atoms with Crippen molar-refractivity contribution in [2.45, 2.75) is 6.61 Å². The molecule has 0 atom stereocenters. The number of para-hydroxylation sites is 2. The summed E-state index contributed by atoms with van der Waals surface area (Å²) >= 11 is 0. The molecule has 2 aromatic rings. The van der Waals surface area contributed by atoms with E-state index >= 15 is 0 Å². The lowest BCUT2D eigenvalue weighted by Gasteiger charge is -2.08. The van der Waals surface area contributed by atoms with Gasteiger partial charge in [-0.1, -0.05) is 12.1 Å². The number of non-ortho nitro benzene ring substituents is 1. The first-order valence-corrected chi connectivity index (χ1v) is 6.41. The Bertz CT molecular complexity index is 735. The van der Waals surface area contributed by atoms with Crippen LogP contribution in [0, 0.1) is 10.1 Å². The standard InChI is InChI=1S/C15H12F2N2O4/c1-22-14-5-3-2-4-12(14)18-9-10-8-11(19(20)21)6-7-13(10)23-15(16)17/h2-9,15H,1H3. The van der Waals surface area contributed by atoms with Crippen LogP contribution in [0.25, 0.3) is 0 Å². The van der Waals surface area contributed by atoms with Crippen LogP contribution in [0.5, 0.6) is 11.5 Å². The van der Waals surface area contributed by atoms with Gasteiger partial charge in [0, 0.05) is 23.9 Å². The molecule has 0 amide bonds. The number of rotatable bonds is 6. The predicted octanol–water partition coefficient (Wildman–Crippen LogP) is 3.96. The number of hydrogen-bond acceptors (Lipinski definition) is 5. The molecule has 0 saturated carbocycles. The topological polar surface area (TPSA) is 74.0 Å². The quantitative estimate of drug-likeness (QED) is 0.458. The summed E-state index contributed by atoms with van der Waals surface area (Å²) in [6.07, 6.45) is 1.21. The Morgan fingerprint density at radius 2 is 1.96 bits per heavy atom. The normalized spacial score (nSPS) is 11.0. The van der Waals surface area contributed by atoms with Crippen molar-refractivity contribution >= 4 is 17.6 Å². The summed E-state index contributed by atoms with van der Waals surface area (Å²) in [5, 5.41) is 10.8. The van der Waals surface area contributed by atoms with Crippen LogP contribution in [-0.2, 0) is 0 Å². The van der Waals surface area contributed by atoms with Crippen LogP contribution < -0.4 is 9.47 Å². The number of aliphatic imine (C=N–C) groups is 1. The Hall–Kier alpha value is -3.03. The molecule has 0 unspecified atom stereocenters. The van der Waals surface area contributed by atoms with Crippen LogP contribution in [0.15, 0.2) is 47.5 Å². The second-order valence-electron chi connectivity index (χ2n) is 4.29. The number of nitrogens with zero attached hydrogens (tertiary/aromatic N) is 2. The minimum absolute atomic E-state index is 0.0606. The Morgan fingerprint density at radius 3 is 2.61 bits per heavy atom. The van der Waals surface area contributed by atoms with E-state index in [1.54, 1.807) is 24.3 Å². The van der Waals surface area contributed by atoms with Gasteiger partial charge < -0.3 is 9.47 Å². The van der Waals surface area contributed by atoms with E-state index in [0.29, 0.717) is 11.4 Å². The molecule has 0 aliphatic carbocycles. The van der Waals surface area contributed by atoms with Crippen molar-refractivity contribution in [3.05, 3.63) is 58.1 Å². The van der Waals surface area contributed by atoms with E-state index in [0.717, 1.165) is 18.2 Å². The highest BCUT2D eigenvalue weighted by molar-refractivity contribution is 5.87. The Kier molecular flexibility index (Phi) is 5.19. The van der Waals surface area contributed by atoms with Gasteiger partial charge in [-0.3, -0.25) is 15.1 Å². The van der Waals surface area contributed by atoms with E-state index in [9.17, 15) is 18.9 Å². The molecule has 2 rings (SSSR count). The summed E-state index contributed by atoms with van der Waals surface area (Å²) < 4.78 is 34.3. The molecular formula is C15H12F2N2O4. The van der Waals surface area contributed by atoms with E-state index in [1.165, 1.54) is 13.3 Å². The lowest BCUT2D eigenvalue weighted by atomic mass is 10.2. The molecule has 0 spiro atoms. The third-order valence-electron chi connectivity index (χ3n) is 2.85. The zero-order valence-electron chi connectivity index (χ0n) is 12.0. The molecule has 23 heavy (non-hydrogen) atoms. The Labute approximate surface area is 130 Å². The summed E-state index contributed by atoms with van der Waals surface area (Å²) in [5.41, 5.74) is 0.253. The van der Waals surface area contributed by atoms with E-state index in [1.807, 2.05) is 0 Å². The maximum absolute atomic E-state index is 12.4. The summed E-state index contributed by atoms with van der Waals surface area (Å²) in [7, 11) is 1.47. The second kappa shape index (κ2) is 7.30. The third kappa shape index (κ3) is 4.22. The third-order valence-corrected chi connectivity index (χ3v) is 2.85. The van der Waals surface area contributed by atoms with Crippen molar-refractivity contribution in [3.63, 3.8) is 0 Å². The maximum Gasteiger partial charge on any atom is 0.387 e. The molecular weight excluding hydrogens is 310 g/mol. The average molecular weight is 322 g/mol. The fourth-order valence-electron chi connectivity index (χ4n) is 1.83. The molecule has 0 aromatic heterocycles. The zero-order valence-corrected chi connectivity index (χ0v) is 12.0. The van der Waals surface area contributed by atoms with Gasteiger partial charge >= 0.3 is 6.61 Å². The highest BCUT2D eigenvalue weighted by Gasteiger charge is 2.14. The van der Waals surface area contributed by atoms with E-state index in [2.05, 4.69) is 9.73 Å². The molecule has 0 N–H and O–H groups in total. The molecule has 0 radical (unpaired) electrons. The number of ether oxygens (including phenoxy) is 2. The number of nitro benzene ring substituents is 1. The number of benzene rings is 2. The monoisotopic (exact) mass is 322 g/mol. The maximum atomic E-state index is 12.4. The molecule has 8 heteroatoms. The lowest BCUT2D eigenvalue weighted by molar-refractivity contribution is -0.384. The first kappa shape index (κ1) is 16.3. The van der Waals surface area contributed by atoms with Crippen LogP contribution >= 0.6 is 0 Å². The van der Waals surface area contributed by atoms with Gasteiger partial charge in [-0.15, -0.1) is 0 Å². The van der Waals surface area contributed by atoms with Gasteiger partial charge in [-0.25, -0.2) is 0 Å². The van der Waals surface area contributed by atoms with Gasteiger partial charge in [0.2, 0.25) is 0 Å². The summed E-state index contributed by atoms with van der Waals surface area (Å²) in [6, 6.07) is 10.1. The second-order valence-corrected chi connectivity index (χ2v) is 4.29. The molecule has 2 aromatic carbocycles. The SMILES string of the molecule is COc1ccccc1N=Cc1cc([N+](=O)[O-])ccc1OC(F)F. The molecule has 0 heterocycles. The minimum atomic E-state index is -3.05. The first-order valence-electron chi connectivity index (χ1n) is 6.41. The van der Waals surface area contributed by atoms with Crippen molar-refractivity contribution in [3.8, 4) is 11.5 Å². The first-order chi connectivity index (χ1) is 11.0. The van der Waals surface area contributed by atoms with E-state index < -0.39 is 11.5 Å².